The third-order valence-electron chi connectivity index (χ3n) is 6.46. The molecule has 0 radical (unpaired) electrons. The second-order valence-corrected chi connectivity index (χ2v) is 8.75. The van der Waals surface area contributed by atoms with Crippen LogP contribution in [0.25, 0.3) is 6.08 Å². The van der Waals surface area contributed by atoms with E-state index in [1.807, 2.05) is 36.4 Å². The monoisotopic (exact) mass is 433 g/mol. The molecule has 2 atom stereocenters. The number of anilines is 1. The van der Waals surface area contributed by atoms with Crippen molar-refractivity contribution in [1.29, 1.82) is 0 Å². The summed E-state index contributed by atoms with van der Waals surface area (Å²) in [5, 5.41) is 6.17. The van der Waals surface area contributed by atoms with Crippen molar-refractivity contribution in [2.24, 2.45) is 0 Å². The topological polar surface area (TPSA) is 70.7 Å². The molecule has 2 aliphatic heterocycles. The number of rotatable bonds is 6. The first-order valence-electron chi connectivity index (χ1n) is 11.2. The molecule has 0 unspecified atom stereocenters. The van der Waals surface area contributed by atoms with Gasteiger partial charge in [-0.05, 0) is 36.6 Å². The second-order valence-electron chi connectivity index (χ2n) is 8.75. The van der Waals surface area contributed by atoms with Gasteiger partial charge in [-0.15, -0.1) is 0 Å². The molecule has 2 aromatic rings. The van der Waals surface area contributed by atoms with Gasteiger partial charge in [-0.25, -0.2) is 0 Å². The van der Waals surface area contributed by atoms with E-state index in [2.05, 4.69) is 39.8 Å². The molecule has 2 fully saturated rings. The number of carbonyl (C=O) groups excluding carboxylic acids is 2. The van der Waals surface area contributed by atoms with Crippen molar-refractivity contribution in [2.75, 3.05) is 32.1 Å². The highest BCUT2D eigenvalue weighted by molar-refractivity contribution is 5.88. The first kappa shape index (κ1) is 22.1. The summed E-state index contributed by atoms with van der Waals surface area (Å²) in [5.41, 5.74) is 2.79. The van der Waals surface area contributed by atoms with Crippen LogP contribution in [0.2, 0.25) is 0 Å². The number of carbonyl (C=O) groups is 2. The second kappa shape index (κ2) is 9.57. The van der Waals surface area contributed by atoms with Gasteiger partial charge in [0.25, 0.3) is 0 Å². The van der Waals surface area contributed by atoms with Crippen LogP contribution in [0.3, 0.4) is 0 Å². The van der Waals surface area contributed by atoms with Gasteiger partial charge in [0.05, 0.1) is 12.6 Å². The zero-order valence-corrected chi connectivity index (χ0v) is 18.8. The Balaban J connectivity index is 1.52. The van der Waals surface area contributed by atoms with Crippen molar-refractivity contribution in [3.63, 3.8) is 0 Å². The van der Waals surface area contributed by atoms with Crippen LogP contribution >= 0.6 is 0 Å². The third-order valence-corrected chi connectivity index (χ3v) is 6.46. The number of nitrogens with zero attached hydrogens (tertiary/aromatic N) is 1. The fraction of sp³-hybridized carbons (Fsp3) is 0.385. The maximum atomic E-state index is 12.3. The predicted octanol–water partition coefficient (Wildman–Crippen LogP) is 3.81. The molecule has 2 saturated heterocycles. The predicted molar refractivity (Wildman–Crippen MR) is 127 cm³/mol. The summed E-state index contributed by atoms with van der Waals surface area (Å²) in [7, 11) is 1.68. The van der Waals surface area contributed by atoms with Crippen LogP contribution in [-0.2, 0) is 9.59 Å². The van der Waals surface area contributed by atoms with Crippen molar-refractivity contribution >= 4 is 23.6 Å². The third kappa shape index (κ3) is 4.86. The normalized spacial score (nSPS) is 23.4. The molecule has 0 aliphatic carbocycles. The standard InChI is InChI=1S/C26H31N3O3/c1-19(30)27-22-13-11-20(12-14-22)23-17-29(18-26(23)15-5-10-25(31)28-26)16-6-8-21-7-3-4-9-24(21)32-2/h3-4,6-9,11-14,23H,5,10,15-18H2,1-2H3,(H,27,30)(H,28,31)/b8-6+/t23-,26+/m0/s1. The minimum atomic E-state index is -0.247. The SMILES string of the molecule is COc1ccccc1/C=C/CN1C[C@@H](c2ccc(NC(C)=O)cc2)[C@@]2(CCCC(=O)N2)C1. The highest BCUT2D eigenvalue weighted by Gasteiger charge is 2.48. The van der Waals surface area contributed by atoms with Gasteiger partial charge in [-0.3, -0.25) is 14.5 Å². The van der Waals surface area contributed by atoms with Crippen LogP contribution in [0.15, 0.2) is 54.6 Å². The summed E-state index contributed by atoms with van der Waals surface area (Å²) in [6, 6.07) is 16.0. The fourth-order valence-electron chi connectivity index (χ4n) is 5.05. The van der Waals surface area contributed by atoms with E-state index < -0.39 is 0 Å². The van der Waals surface area contributed by atoms with Crippen LogP contribution in [0.1, 0.15) is 43.2 Å². The van der Waals surface area contributed by atoms with Gasteiger partial charge < -0.3 is 15.4 Å². The summed E-state index contributed by atoms with van der Waals surface area (Å²) in [5.74, 6) is 1.13. The van der Waals surface area contributed by atoms with Crippen molar-refractivity contribution in [1.82, 2.24) is 10.2 Å². The Morgan fingerprint density at radius 3 is 2.75 bits per heavy atom. The maximum Gasteiger partial charge on any atom is 0.221 e. The first-order chi connectivity index (χ1) is 15.5. The molecule has 0 bridgehead atoms. The molecule has 4 rings (SSSR count). The molecule has 2 aromatic carbocycles. The van der Waals surface area contributed by atoms with Gasteiger partial charge in [-0.1, -0.05) is 42.5 Å². The summed E-state index contributed by atoms with van der Waals surface area (Å²) in [4.78, 5) is 26.1. The van der Waals surface area contributed by atoms with Crippen LogP contribution in [0, 0.1) is 0 Å². The number of methoxy groups -OCH3 is 1. The molecule has 2 amide bonds. The lowest BCUT2D eigenvalue weighted by atomic mass is 9.76. The molecule has 0 saturated carbocycles. The molecule has 168 valence electrons. The quantitative estimate of drug-likeness (QED) is 0.727. The van der Waals surface area contributed by atoms with Gasteiger partial charge in [-0.2, -0.15) is 0 Å². The molecular weight excluding hydrogens is 402 g/mol. The number of likely N-dealkylation sites (tertiary alicyclic amines) is 1. The van der Waals surface area contributed by atoms with Crippen LogP contribution < -0.4 is 15.4 Å². The van der Waals surface area contributed by atoms with Crippen molar-refractivity contribution in [3.8, 4) is 5.75 Å². The Hall–Kier alpha value is -3.12. The zero-order chi connectivity index (χ0) is 22.6. The lowest BCUT2D eigenvalue weighted by Gasteiger charge is -2.39. The van der Waals surface area contributed by atoms with Crippen molar-refractivity contribution < 1.29 is 14.3 Å². The Bertz CT molecular complexity index is 1000. The molecule has 2 aliphatic rings. The smallest absolute Gasteiger partial charge is 0.221 e. The molecule has 6 nitrogen and oxygen atoms in total. The average molecular weight is 434 g/mol. The summed E-state index contributed by atoms with van der Waals surface area (Å²) in [6.45, 7) is 4.01. The Labute approximate surface area is 189 Å². The number of ether oxygens (including phenoxy) is 1. The number of nitrogens with one attached hydrogen (secondary N) is 2. The molecule has 2 heterocycles. The number of piperidine rings is 1. The van der Waals surface area contributed by atoms with Gasteiger partial charge in [0.15, 0.2) is 0 Å². The average Bonchev–Trinajstić information content (AvgIpc) is 3.11. The lowest BCUT2D eigenvalue weighted by Crippen LogP contribution is -2.56. The maximum absolute atomic E-state index is 12.3. The van der Waals surface area contributed by atoms with E-state index in [4.69, 9.17) is 4.74 Å². The van der Waals surface area contributed by atoms with E-state index in [9.17, 15) is 9.59 Å². The summed E-state index contributed by atoms with van der Waals surface area (Å²) >= 11 is 0. The van der Waals surface area contributed by atoms with E-state index in [1.54, 1.807) is 7.11 Å². The highest BCUT2D eigenvalue weighted by atomic mass is 16.5. The van der Waals surface area contributed by atoms with Crippen LogP contribution in [0.4, 0.5) is 5.69 Å². The Morgan fingerprint density at radius 1 is 1.25 bits per heavy atom. The van der Waals surface area contributed by atoms with E-state index in [0.717, 1.165) is 49.5 Å². The summed E-state index contributed by atoms with van der Waals surface area (Å²) < 4.78 is 5.44. The van der Waals surface area contributed by atoms with E-state index in [-0.39, 0.29) is 23.3 Å². The fourth-order valence-corrected chi connectivity index (χ4v) is 5.05. The van der Waals surface area contributed by atoms with Gasteiger partial charge in [0.2, 0.25) is 11.8 Å². The molecule has 0 aromatic heterocycles. The number of para-hydroxylation sites is 1. The van der Waals surface area contributed by atoms with Gasteiger partial charge in [0, 0.05) is 50.1 Å². The van der Waals surface area contributed by atoms with E-state index in [0.29, 0.717) is 6.42 Å². The summed E-state index contributed by atoms with van der Waals surface area (Å²) in [6.07, 6.45) is 6.75. The van der Waals surface area contributed by atoms with Gasteiger partial charge >= 0.3 is 0 Å². The van der Waals surface area contributed by atoms with E-state index >= 15 is 0 Å². The van der Waals surface area contributed by atoms with Gasteiger partial charge in [0.1, 0.15) is 5.75 Å². The largest absolute Gasteiger partial charge is 0.496 e. The zero-order valence-electron chi connectivity index (χ0n) is 18.8. The molecule has 2 N–H and O–H groups in total. The number of hydrogen-bond acceptors (Lipinski definition) is 4. The number of amides is 2. The first-order valence-corrected chi connectivity index (χ1v) is 11.2. The Morgan fingerprint density at radius 2 is 2.03 bits per heavy atom. The molecule has 6 heteroatoms. The molecule has 1 spiro atoms. The molecular formula is C26H31N3O3. The molecule has 32 heavy (non-hydrogen) atoms. The van der Waals surface area contributed by atoms with Crippen molar-refractivity contribution in [3.05, 3.63) is 65.7 Å². The minimum absolute atomic E-state index is 0.0809. The van der Waals surface area contributed by atoms with E-state index in [1.165, 1.54) is 12.5 Å². The van der Waals surface area contributed by atoms with Crippen LogP contribution in [-0.4, -0.2) is 49.0 Å². The highest BCUT2D eigenvalue weighted by Crippen LogP contribution is 2.41. The number of hydrogen-bond donors (Lipinski definition) is 2. The number of benzene rings is 2. The minimum Gasteiger partial charge on any atom is -0.496 e. The lowest BCUT2D eigenvalue weighted by molar-refractivity contribution is -0.125. The Kier molecular flexibility index (Phi) is 6.61. The van der Waals surface area contributed by atoms with Crippen LogP contribution in [0.5, 0.6) is 5.75 Å². The van der Waals surface area contributed by atoms with Crippen molar-refractivity contribution in [2.45, 2.75) is 37.6 Å².